The van der Waals surface area contributed by atoms with Gasteiger partial charge in [0.25, 0.3) is 5.91 Å². The molecule has 0 saturated carbocycles. The van der Waals surface area contributed by atoms with E-state index in [1.54, 1.807) is 0 Å². The lowest BCUT2D eigenvalue weighted by molar-refractivity contribution is -0.138. The minimum Gasteiger partial charge on any atom is -0.397 e. The van der Waals surface area contributed by atoms with Crippen LogP contribution in [0.4, 0.5) is 18.9 Å². The Morgan fingerprint density at radius 1 is 1.53 bits per heavy atom. The Bertz CT molecular complexity index is 389. The van der Waals surface area contributed by atoms with Crippen molar-refractivity contribution in [2.75, 3.05) is 5.73 Å². The van der Waals surface area contributed by atoms with E-state index in [-0.39, 0.29) is 5.69 Å². The molecule has 1 rings (SSSR count). The zero-order valence-corrected chi connectivity index (χ0v) is 9.08. The second-order valence-corrected chi connectivity index (χ2v) is 3.67. The van der Waals surface area contributed by atoms with Crippen molar-refractivity contribution in [3.05, 3.63) is 24.0 Å². The number of pyridine rings is 1. The number of carbonyl (C=O) groups is 1. The van der Waals surface area contributed by atoms with E-state index < -0.39 is 24.5 Å². The highest BCUT2D eigenvalue weighted by Gasteiger charge is 2.30. The number of halogens is 3. The van der Waals surface area contributed by atoms with Gasteiger partial charge >= 0.3 is 6.18 Å². The predicted molar refractivity (Wildman–Crippen MR) is 56.2 cm³/mol. The Kier molecular flexibility index (Phi) is 3.93. The van der Waals surface area contributed by atoms with Gasteiger partial charge in [0.05, 0.1) is 18.3 Å². The van der Waals surface area contributed by atoms with Crippen molar-refractivity contribution in [1.82, 2.24) is 10.3 Å². The molecule has 0 fully saturated rings. The van der Waals surface area contributed by atoms with Gasteiger partial charge in [-0.1, -0.05) is 0 Å². The molecule has 0 aliphatic heterocycles. The smallest absolute Gasteiger partial charge is 0.391 e. The van der Waals surface area contributed by atoms with E-state index in [1.165, 1.54) is 25.3 Å². The van der Waals surface area contributed by atoms with Crippen LogP contribution in [0.15, 0.2) is 18.3 Å². The van der Waals surface area contributed by atoms with Crippen LogP contribution in [0, 0.1) is 0 Å². The predicted octanol–water partition coefficient (Wildman–Crippen LogP) is 1.73. The average Bonchev–Trinajstić information content (AvgIpc) is 2.15. The lowest BCUT2D eigenvalue weighted by Crippen LogP contribution is -2.36. The first-order valence-electron chi connectivity index (χ1n) is 4.87. The monoisotopic (exact) mass is 247 g/mol. The third kappa shape index (κ3) is 4.71. The fraction of sp³-hybridized carbons (Fsp3) is 0.400. The van der Waals surface area contributed by atoms with Crippen LogP contribution in [0.25, 0.3) is 0 Å². The first-order chi connectivity index (χ1) is 7.78. The summed E-state index contributed by atoms with van der Waals surface area (Å²) < 4.78 is 36.1. The average molecular weight is 247 g/mol. The number of hydrogen-bond donors (Lipinski definition) is 2. The van der Waals surface area contributed by atoms with Crippen LogP contribution in [-0.4, -0.2) is 23.1 Å². The number of nitrogens with zero attached hydrogens (tertiary/aromatic N) is 1. The summed E-state index contributed by atoms with van der Waals surface area (Å²) in [5.74, 6) is -0.651. The Morgan fingerprint density at radius 2 is 2.18 bits per heavy atom. The first kappa shape index (κ1) is 13.3. The molecule has 1 aromatic rings. The Balaban J connectivity index is 2.57. The van der Waals surface area contributed by atoms with Gasteiger partial charge in [-0.15, -0.1) is 0 Å². The van der Waals surface area contributed by atoms with Crippen molar-refractivity contribution < 1.29 is 18.0 Å². The van der Waals surface area contributed by atoms with Crippen molar-refractivity contribution in [1.29, 1.82) is 0 Å². The van der Waals surface area contributed by atoms with Gasteiger partial charge in [-0.25, -0.2) is 4.98 Å². The molecule has 1 amide bonds. The summed E-state index contributed by atoms with van der Waals surface area (Å²) in [6, 6.07) is 1.81. The minimum atomic E-state index is -4.30. The maximum absolute atomic E-state index is 12.0. The van der Waals surface area contributed by atoms with E-state index in [9.17, 15) is 18.0 Å². The van der Waals surface area contributed by atoms with Gasteiger partial charge in [0.1, 0.15) is 5.69 Å². The number of amides is 1. The van der Waals surface area contributed by atoms with Crippen molar-refractivity contribution in [3.8, 4) is 0 Å². The van der Waals surface area contributed by atoms with E-state index in [0.29, 0.717) is 5.69 Å². The lowest BCUT2D eigenvalue weighted by Gasteiger charge is -2.15. The van der Waals surface area contributed by atoms with Crippen LogP contribution in [-0.2, 0) is 0 Å². The number of nitrogens with one attached hydrogen (secondary N) is 1. The normalized spacial score (nSPS) is 13.2. The lowest BCUT2D eigenvalue weighted by atomic mass is 10.2. The van der Waals surface area contributed by atoms with Crippen molar-refractivity contribution in [2.24, 2.45) is 0 Å². The van der Waals surface area contributed by atoms with Crippen LogP contribution in [0.3, 0.4) is 0 Å². The number of nitrogens with two attached hydrogens (primary N) is 1. The van der Waals surface area contributed by atoms with Crippen molar-refractivity contribution in [3.63, 3.8) is 0 Å². The number of alkyl halides is 3. The van der Waals surface area contributed by atoms with Crippen LogP contribution >= 0.6 is 0 Å². The second-order valence-electron chi connectivity index (χ2n) is 3.67. The molecule has 0 aliphatic rings. The van der Waals surface area contributed by atoms with E-state index >= 15 is 0 Å². The van der Waals surface area contributed by atoms with Crippen LogP contribution in [0.1, 0.15) is 23.8 Å². The highest BCUT2D eigenvalue weighted by molar-refractivity contribution is 5.92. The molecule has 1 unspecified atom stereocenters. The van der Waals surface area contributed by atoms with E-state index in [0.717, 1.165) is 0 Å². The fourth-order valence-electron chi connectivity index (χ4n) is 1.24. The summed E-state index contributed by atoms with van der Waals surface area (Å²) in [5, 5.41) is 2.21. The summed E-state index contributed by atoms with van der Waals surface area (Å²) in [6.45, 7) is 1.28. The molecule has 4 nitrogen and oxygen atoms in total. The Hall–Kier alpha value is -1.79. The van der Waals surface area contributed by atoms with Gasteiger partial charge in [0, 0.05) is 6.04 Å². The number of rotatable bonds is 3. The number of nitrogen functional groups attached to an aromatic ring is 1. The molecule has 3 N–H and O–H groups in total. The van der Waals surface area contributed by atoms with Crippen LogP contribution < -0.4 is 11.1 Å². The Morgan fingerprint density at radius 3 is 2.65 bits per heavy atom. The van der Waals surface area contributed by atoms with Gasteiger partial charge in [-0.3, -0.25) is 4.79 Å². The summed E-state index contributed by atoms with van der Waals surface area (Å²) in [7, 11) is 0. The quantitative estimate of drug-likeness (QED) is 0.854. The van der Waals surface area contributed by atoms with Gasteiger partial charge in [-0.05, 0) is 19.1 Å². The number of anilines is 1. The molecule has 0 aromatic carbocycles. The van der Waals surface area contributed by atoms with Crippen LogP contribution in [0.2, 0.25) is 0 Å². The molecule has 0 bridgehead atoms. The molecule has 0 spiro atoms. The third-order valence-corrected chi connectivity index (χ3v) is 1.93. The highest BCUT2D eigenvalue weighted by atomic mass is 19.4. The summed E-state index contributed by atoms with van der Waals surface area (Å²) in [4.78, 5) is 15.2. The molecular formula is C10H12F3N3O. The maximum atomic E-state index is 12.0. The van der Waals surface area contributed by atoms with Gasteiger partial charge in [0.2, 0.25) is 0 Å². The summed E-state index contributed by atoms with van der Waals surface area (Å²) in [5.41, 5.74) is 5.78. The summed E-state index contributed by atoms with van der Waals surface area (Å²) in [6.07, 6.45) is -4.11. The van der Waals surface area contributed by atoms with E-state index in [1.807, 2.05) is 0 Å². The molecule has 7 heteroatoms. The minimum absolute atomic E-state index is 0.0354. The number of hydrogen-bond acceptors (Lipinski definition) is 3. The van der Waals surface area contributed by atoms with E-state index in [4.69, 9.17) is 5.73 Å². The molecule has 1 atom stereocenters. The molecule has 94 valence electrons. The van der Waals surface area contributed by atoms with Crippen molar-refractivity contribution in [2.45, 2.75) is 25.6 Å². The summed E-state index contributed by atoms with van der Waals surface area (Å²) >= 11 is 0. The molecule has 0 saturated heterocycles. The highest BCUT2D eigenvalue weighted by Crippen LogP contribution is 2.21. The van der Waals surface area contributed by atoms with Crippen molar-refractivity contribution >= 4 is 11.6 Å². The van der Waals surface area contributed by atoms with E-state index in [2.05, 4.69) is 10.3 Å². The standard InChI is InChI=1S/C10H12F3N3O/c1-6(4-10(11,12)13)16-9(17)8-3-2-7(14)5-15-8/h2-3,5-6H,4,14H2,1H3,(H,16,17). The molecule has 0 aliphatic carbocycles. The molecular weight excluding hydrogens is 235 g/mol. The maximum Gasteiger partial charge on any atom is 0.391 e. The topological polar surface area (TPSA) is 68.0 Å². The first-order valence-corrected chi connectivity index (χ1v) is 4.87. The molecule has 0 radical (unpaired) electrons. The molecule has 1 heterocycles. The van der Waals surface area contributed by atoms with Gasteiger partial charge in [0.15, 0.2) is 0 Å². The SMILES string of the molecule is CC(CC(F)(F)F)NC(=O)c1ccc(N)cn1. The van der Waals surface area contributed by atoms with Gasteiger partial charge < -0.3 is 11.1 Å². The molecule has 17 heavy (non-hydrogen) atoms. The fourth-order valence-corrected chi connectivity index (χ4v) is 1.24. The third-order valence-electron chi connectivity index (χ3n) is 1.93. The van der Waals surface area contributed by atoms with Crippen LogP contribution in [0.5, 0.6) is 0 Å². The zero-order chi connectivity index (χ0) is 13.1. The number of aromatic nitrogens is 1. The Labute approximate surface area is 96.0 Å². The second kappa shape index (κ2) is 5.03. The largest absolute Gasteiger partial charge is 0.397 e. The molecule has 1 aromatic heterocycles. The zero-order valence-electron chi connectivity index (χ0n) is 9.08. The van der Waals surface area contributed by atoms with Gasteiger partial charge in [-0.2, -0.15) is 13.2 Å². The number of carbonyl (C=O) groups excluding carboxylic acids is 1.